The van der Waals surface area contributed by atoms with Crippen molar-refractivity contribution in [3.63, 3.8) is 0 Å². The minimum absolute atomic E-state index is 0.0295. The van der Waals surface area contributed by atoms with E-state index in [2.05, 4.69) is 4.98 Å². The van der Waals surface area contributed by atoms with Crippen LogP contribution in [0.2, 0.25) is 0 Å². The van der Waals surface area contributed by atoms with E-state index in [-0.39, 0.29) is 37.6 Å². The Morgan fingerprint density at radius 1 is 1.43 bits per heavy atom. The Kier molecular flexibility index (Phi) is 5.04. The highest BCUT2D eigenvalue weighted by Crippen LogP contribution is 2.30. The molecule has 0 spiro atoms. The molecular weight excluding hydrogens is 321 g/mol. The molecule has 0 aromatic carbocycles. The lowest BCUT2D eigenvalue weighted by atomic mass is 10.1. The van der Waals surface area contributed by atoms with E-state index in [0.29, 0.717) is 0 Å². The van der Waals surface area contributed by atoms with Crippen LogP contribution in [0.25, 0.3) is 0 Å². The van der Waals surface area contributed by atoms with Crippen LogP contribution in [0.4, 0.5) is 13.2 Å². The molecule has 1 aliphatic heterocycles. The van der Waals surface area contributed by atoms with E-state index in [4.69, 9.17) is 14.3 Å². The van der Waals surface area contributed by atoms with Crippen molar-refractivity contribution in [3.05, 3.63) is 29.5 Å². The first kappa shape index (κ1) is 17.0. The van der Waals surface area contributed by atoms with Gasteiger partial charge in [0.25, 0.3) is 5.91 Å². The van der Waals surface area contributed by atoms with Gasteiger partial charge in [-0.05, 0) is 6.42 Å². The second-order valence-electron chi connectivity index (χ2n) is 4.74. The summed E-state index contributed by atoms with van der Waals surface area (Å²) >= 11 is 0. The number of rotatable bonds is 5. The van der Waals surface area contributed by atoms with Crippen molar-refractivity contribution in [2.45, 2.75) is 19.2 Å². The molecule has 0 fully saturated rings. The van der Waals surface area contributed by atoms with Crippen molar-refractivity contribution in [3.8, 4) is 0 Å². The van der Waals surface area contributed by atoms with Gasteiger partial charge in [0.15, 0.2) is 17.8 Å². The molecule has 7 nitrogen and oxygen atoms in total. The first-order valence-corrected chi connectivity index (χ1v) is 6.56. The number of amides is 1. The Hall–Kier alpha value is -2.36. The number of aliphatic carboxylic acids is 1. The maximum absolute atomic E-state index is 12.5. The maximum atomic E-state index is 12.5. The number of ether oxygens (including phenoxy) is 1. The number of oxazole rings is 1. The summed E-state index contributed by atoms with van der Waals surface area (Å²) in [7, 11) is 0. The van der Waals surface area contributed by atoms with Gasteiger partial charge in [-0.2, -0.15) is 13.2 Å². The summed E-state index contributed by atoms with van der Waals surface area (Å²) in [6, 6.07) is 0. The molecule has 2 heterocycles. The van der Waals surface area contributed by atoms with Crippen LogP contribution >= 0.6 is 0 Å². The highest BCUT2D eigenvalue weighted by atomic mass is 19.4. The Labute approximate surface area is 128 Å². The third kappa shape index (κ3) is 4.31. The number of carbonyl (C=O) groups is 2. The van der Waals surface area contributed by atoms with Gasteiger partial charge >= 0.3 is 12.1 Å². The molecule has 0 saturated heterocycles. The zero-order chi connectivity index (χ0) is 17.0. The second kappa shape index (κ2) is 6.82. The van der Waals surface area contributed by atoms with Crippen LogP contribution in [0.15, 0.2) is 22.5 Å². The van der Waals surface area contributed by atoms with Gasteiger partial charge in [0.1, 0.15) is 13.2 Å². The molecule has 1 aromatic heterocycles. The number of hydrogen-bond acceptors (Lipinski definition) is 5. The molecule has 1 amide bonds. The van der Waals surface area contributed by atoms with Gasteiger partial charge in [-0.25, -0.2) is 9.78 Å². The molecule has 1 aromatic rings. The van der Waals surface area contributed by atoms with Crippen molar-refractivity contribution in [2.75, 3.05) is 19.7 Å². The molecule has 0 atom stereocenters. The molecular formula is C13H13F3N2O5. The van der Waals surface area contributed by atoms with Crippen molar-refractivity contribution < 1.29 is 37.0 Å². The summed E-state index contributed by atoms with van der Waals surface area (Å²) in [5.41, 5.74) is -0.758. The lowest BCUT2D eigenvalue weighted by Gasteiger charge is -2.26. The fraction of sp³-hybridized carbons (Fsp3) is 0.462. The molecule has 1 aliphatic rings. The molecule has 23 heavy (non-hydrogen) atoms. The topological polar surface area (TPSA) is 92.9 Å². The van der Waals surface area contributed by atoms with Crippen LogP contribution in [-0.2, 0) is 16.1 Å². The van der Waals surface area contributed by atoms with Crippen LogP contribution in [-0.4, -0.2) is 52.7 Å². The molecule has 126 valence electrons. The van der Waals surface area contributed by atoms with Crippen molar-refractivity contribution in [2.24, 2.45) is 0 Å². The monoisotopic (exact) mass is 334 g/mol. The number of aromatic nitrogens is 1. The first-order valence-electron chi connectivity index (χ1n) is 6.56. The highest BCUT2D eigenvalue weighted by Gasteiger charge is 2.36. The number of alkyl halides is 3. The largest absolute Gasteiger partial charge is 0.480 e. The zero-order valence-corrected chi connectivity index (χ0v) is 11.8. The van der Waals surface area contributed by atoms with E-state index in [1.165, 1.54) is 4.90 Å². The Morgan fingerprint density at radius 3 is 2.74 bits per heavy atom. The van der Waals surface area contributed by atoms with E-state index in [9.17, 15) is 22.8 Å². The summed E-state index contributed by atoms with van der Waals surface area (Å²) in [5, 5.41) is 8.47. The molecule has 10 heteroatoms. The van der Waals surface area contributed by atoms with E-state index in [0.717, 1.165) is 12.5 Å². The summed E-state index contributed by atoms with van der Waals surface area (Å²) in [6.45, 7) is -1.12. The summed E-state index contributed by atoms with van der Waals surface area (Å²) in [5.74, 6) is -1.75. The Balaban J connectivity index is 2.01. The van der Waals surface area contributed by atoms with Gasteiger partial charge < -0.3 is 19.2 Å². The number of carboxylic acids is 1. The van der Waals surface area contributed by atoms with E-state index in [1.807, 2.05) is 0 Å². The lowest BCUT2D eigenvalue weighted by molar-refractivity contribution is -0.142. The Bertz CT molecular complexity index is 623. The number of carboxylic acid groups (broad SMARTS) is 1. The normalized spacial score (nSPS) is 15.4. The van der Waals surface area contributed by atoms with Crippen LogP contribution in [0.5, 0.6) is 0 Å². The highest BCUT2D eigenvalue weighted by molar-refractivity contribution is 5.93. The molecule has 0 bridgehead atoms. The number of nitrogens with zero attached hydrogens (tertiary/aromatic N) is 2. The van der Waals surface area contributed by atoms with E-state index in [1.54, 1.807) is 0 Å². The Morgan fingerprint density at radius 2 is 2.17 bits per heavy atom. The standard InChI is InChI=1S/C13H13F3N2O5/c14-13(15,16)8-1-3-18(4-2-8)12(21)11-9(23-7-17-11)5-22-6-10(19)20/h1,7H,2-6H2,(H,19,20). The molecule has 2 rings (SSSR count). The summed E-state index contributed by atoms with van der Waals surface area (Å²) in [6.07, 6.45) is -2.73. The molecule has 0 saturated carbocycles. The van der Waals surface area contributed by atoms with Gasteiger partial charge in [0.2, 0.25) is 0 Å². The van der Waals surface area contributed by atoms with E-state index < -0.39 is 30.2 Å². The number of halogens is 3. The quantitative estimate of drug-likeness (QED) is 0.823. The van der Waals surface area contributed by atoms with Gasteiger partial charge in [0, 0.05) is 18.7 Å². The van der Waals surface area contributed by atoms with Gasteiger partial charge in [-0.3, -0.25) is 4.79 Å². The summed E-state index contributed by atoms with van der Waals surface area (Å²) < 4.78 is 47.4. The first-order chi connectivity index (χ1) is 10.8. The van der Waals surface area contributed by atoms with Crippen LogP contribution in [0, 0.1) is 0 Å². The summed E-state index contributed by atoms with van der Waals surface area (Å²) in [4.78, 5) is 27.5. The third-order valence-electron chi connectivity index (χ3n) is 3.16. The SMILES string of the molecule is O=C(O)COCc1ocnc1C(=O)N1CC=C(C(F)(F)F)CC1. The number of hydrogen-bond donors (Lipinski definition) is 1. The smallest absolute Gasteiger partial charge is 0.412 e. The van der Waals surface area contributed by atoms with Crippen molar-refractivity contribution in [1.29, 1.82) is 0 Å². The predicted molar refractivity (Wildman–Crippen MR) is 68.5 cm³/mol. The van der Waals surface area contributed by atoms with Gasteiger partial charge in [0.05, 0.1) is 0 Å². The van der Waals surface area contributed by atoms with Crippen LogP contribution in [0.3, 0.4) is 0 Å². The fourth-order valence-corrected chi connectivity index (χ4v) is 2.04. The third-order valence-corrected chi connectivity index (χ3v) is 3.16. The average Bonchev–Trinajstić information content (AvgIpc) is 2.94. The second-order valence-corrected chi connectivity index (χ2v) is 4.74. The lowest BCUT2D eigenvalue weighted by Crippen LogP contribution is -2.37. The molecule has 1 N–H and O–H groups in total. The van der Waals surface area contributed by atoms with Gasteiger partial charge in [-0.15, -0.1) is 0 Å². The fourth-order valence-electron chi connectivity index (χ4n) is 2.04. The predicted octanol–water partition coefficient (Wildman–Crippen LogP) is 1.61. The molecule has 0 radical (unpaired) electrons. The maximum Gasteiger partial charge on any atom is 0.412 e. The van der Waals surface area contributed by atoms with E-state index >= 15 is 0 Å². The van der Waals surface area contributed by atoms with Crippen LogP contribution < -0.4 is 0 Å². The van der Waals surface area contributed by atoms with Crippen molar-refractivity contribution in [1.82, 2.24) is 9.88 Å². The molecule has 0 unspecified atom stereocenters. The average molecular weight is 334 g/mol. The zero-order valence-electron chi connectivity index (χ0n) is 11.8. The van der Waals surface area contributed by atoms with Crippen molar-refractivity contribution >= 4 is 11.9 Å². The van der Waals surface area contributed by atoms with Crippen LogP contribution in [0.1, 0.15) is 22.7 Å². The van der Waals surface area contributed by atoms with Gasteiger partial charge in [-0.1, -0.05) is 6.08 Å². The minimum Gasteiger partial charge on any atom is -0.480 e. The minimum atomic E-state index is -4.39. The number of carbonyl (C=O) groups excluding carboxylic acids is 1. The molecule has 0 aliphatic carbocycles.